The Morgan fingerprint density at radius 2 is 1.92 bits per heavy atom. The number of nitrogens with one attached hydrogen (secondary N) is 2. The van der Waals surface area contributed by atoms with Crippen LogP contribution in [0.5, 0.6) is 0 Å². The predicted molar refractivity (Wildman–Crippen MR) is 106 cm³/mol. The lowest BCUT2D eigenvalue weighted by Gasteiger charge is -2.20. The summed E-state index contributed by atoms with van der Waals surface area (Å²) in [5, 5.41) is 7.14. The summed E-state index contributed by atoms with van der Waals surface area (Å²) >= 11 is 11.4. The van der Waals surface area contributed by atoms with Gasteiger partial charge in [-0.15, -0.1) is 0 Å². The molecule has 25 heavy (non-hydrogen) atoms. The molecule has 0 bridgehead atoms. The van der Waals surface area contributed by atoms with Crippen molar-refractivity contribution < 1.29 is 9.53 Å². The van der Waals surface area contributed by atoms with Gasteiger partial charge in [0, 0.05) is 5.69 Å². The number of carbonyl (C=O) groups excluding carboxylic acids is 1. The number of anilines is 1. The Labute approximate surface area is 158 Å². The SMILES string of the molecule is COC(=O)c1cc(NC(=S)N[C@@H](C)c2cc(C)ccc2C)ccc1Cl. The van der Waals surface area contributed by atoms with Crippen molar-refractivity contribution in [1.82, 2.24) is 5.32 Å². The van der Waals surface area contributed by atoms with E-state index in [4.69, 9.17) is 28.6 Å². The van der Waals surface area contributed by atoms with Crippen molar-refractivity contribution in [2.45, 2.75) is 26.8 Å². The molecule has 0 aliphatic carbocycles. The summed E-state index contributed by atoms with van der Waals surface area (Å²) in [4.78, 5) is 11.7. The molecule has 2 aromatic carbocycles. The van der Waals surface area contributed by atoms with E-state index in [2.05, 4.69) is 49.6 Å². The Kier molecular flexibility index (Phi) is 6.39. The largest absolute Gasteiger partial charge is 0.465 e. The molecule has 4 nitrogen and oxygen atoms in total. The zero-order valence-electron chi connectivity index (χ0n) is 14.6. The first-order valence-corrected chi connectivity index (χ1v) is 8.63. The number of esters is 1. The number of benzene rings is 2. The van der Waals surface area contributed by atoms with Crippen molar-refractivity contribution in [2.24, 2.45) is 0 Å². The Bertz CT molecular complexity index is 808. The molecule has 0 amide bonds. The molecule has 0 fully saturated rings. The molecule has 1 atom stereocenters. The minimum atomic E-state index is -0.490. The highest BCUT2D eigenvalue weighted by molar-refractivity contribution is 7.80. The number of hydrogen-bond acceptors (Lipinski definition) is 3. The van der Waals surface area contributed by atoms with Crippen molar-refractivity contribution in [2.75, 3.05) is 12.4 Å². The van der Waals surface area contributed by atoms with Crippen LogP contribution in [-0.4, -0.2) is 18.2 Å². The molecule has 132 valence electrons. The van der Waals surface area contributed by atoms with Crippen LogP contribution in [0.15, 0.2) is 36.4 Å². The average Bonchev–Trinajstić information content (AvgIpc) is 2.57. The molecule has 0 aliphatic rings. The lowest BCUT2D eigenvalue weighted by Crippen LogP contribution is -2.31. The molecule has 2 N–H and O–H groups in total. The molecule has 0 saturated heterocycles. The number of carbonyl (C=O) groups is 1. The highest BCUT2D eigenvalue weighted by Gasteiger charge is 2.13. The molecule has 2 rings (SSSR count). The molecule has 6 heteroatoms. The normalized spacial score (nSPS) is 11.6. The highest BCUT2D eigenvalue weighted by atomic mass is 35.5. The van der Waals surface area contributed by atoms with Crippen LogP contribution in [0.4, 0.5) is 5.69 Å². The summed E-state index contributed by atoms with van der Waals surface area (Å²) in [5.41, 5.74) is 4.55. The van der Waals surface area contributed by atoms with E-state index in [9.17, 15) is 4.79 Å². The molecule has 0 saturated carbocycles. The zero-order chi connectivity index (χ0) is 18.6. The second-order valence-corrected chi connectivity index (χ2v) is 6.68. The van der Waals surface area contributed by atoms with Gasteiger partial charge in [0.2, 0.25) is 0 Å². The summed E-state index contributed by atoms with van der Waals surface area (Å²) in [5.74, 6) is -0.490. The van der Waals surface area contributed by atoms with Crippen LogP contribution in [0.25, 0.3) is 0 Å². The lowest BCUT2D eigenvalue weighted by molar-refractivity contribution is 0.0601. The minimum absolute atomic E-state index is 0.0484. The fourth-order valence-electron chi connectivity index (χ4n) is 2.54. The number of rotatable bonds is 4. The Hall–Kier alpha value is -2.11. The van der Waals surface area contributed by atoms with E-state index < -0.39 is 5.97 Å². The van der Waals surface area contributed by atoms with Crippen molar-refractivity contribution >= 4 is 40.6 Å². The third-order valence-electron chi connectivity index (χ3n) is 3.88. The fraction of sp³-hybridized carbons (Fsp3) is 0.263. The maximum atomic E-state index is 11.7. The zero-order valence-corrected chi connectivity index (χ0v) is 16.2. The van der Waals surface area contributed by atoms with E-state index in [1.165, 1.54) is 23.8 Å². The van der Waals surface area contributed by atoms with Gasteiger partial charge in [-0.05, 0) is 62.3 Å². The van der Waals surface area contributed by atoms with Gasteiger partial charge in [-0.3, -0.25) is 0 Å². The van der Waals surface area contributed by atoms with E-state index in [0.717, 1.165) is 0 Å². The number of thiocarbonyl (C=S) groups is 1. The van der Waals surface area contributed by atoms with Gasteiger partial charge in [0.15, 0.2) is 5.11 Å². The van der Waals surface area contributed by atoms with Gasteiger partial charge >= 0.3 is 5.97 Å². The number of aryl methyl sites for hydroxylation is 2. The van der Waals surface area contributed by atoms with Crippen molar-refractivity contribution in [1.29, 1.82) is 0 Å². The molecular weight excluding hydrogens is 356 g/mol. The maximum absolute atomic E-state index is 11.7. The molecular formula is C19H21ClN2O2S. The molecule has 0 aliphatic heterocycles. The molecule has 0 radical (unpaired) electrons. The van der Waals surface area contributed by atoms with Gasteiger partial charge < -0.3 is 15.4 Å². The molecule has 0 aromatic heterocycles. The predicted octanol–water partition coefficient (Wildman–Crippen LogP) is 4.79. The van der Waals surface area contributed by atoms with Crippen LogP contribution >= 0.6 is 23.8 Å². The van der Waals surface area contributed by atoms with Crippen LogP contribution in [0, 0.1) is 13.8 Å². The maximum Gasteiger partial charge on any atom is 0.339 e. The molecule has 0 spiro atoms. The van der Waals surface area contributed by atoms with Crippen LogP contribution in [0.1, 0.15) is 40.0 Å². The first-order chi connectivity index (χ1) is 11.8. The van der Waals surface area contributed by atoms with E-state index in [-0.39, 0.29) is 6.04 Å². The topological polar surface area (TPSA) is 50.4 Å². The van der Waals surface area contributed by atoms with Crippen LogP contribution in [0.3, 0.4) is 0 Å². The Morgan fingerprint density at radius 1 is 1.20 bits per heavy atom. The highest BCUT2D eigenvalue weighted by Crippen LogP contribution is 2.22. The van der Waals surface area contributed by atoms with Gasteiger partial charge in [0.25, 0.3) is 0 Å². The standard InChI is InChI=1S/C19H21ClN2O2S/c1-11-5-6-12(2)15(9-11)13(3)21-19(25)22-14-7-8-17(20)16(10-14)18(23)24-4/h5-10,13H,1-4H3,(H2,21,22,25)/t13-/m0/s1. The van der Waals surface area contributed by atoms with Crippen molar-refractivity contribution in [3.63, 3.8) is 0 Å². The van der Waals surface area contributed by atoms with Crippen LogP contribution in [0.2, 0.25) is 5.02 Å². The molecule has 0 unspecified atom stereocenters. The van der Waals surface area contributed by atoms with E-state index >= 15 is 0 Å². The van der Waals surface area contributed by atoms with Gasteiger partial charge in [-0.1, -0.05) is 35.4 Å². The minimum Gasteiger partial charge on any atom is -0.465 e. The van der Waals surface area contributed by atoms with E-state index in [1.54, 1.807) is 18.2 Å². The van der Waals surface area contributed by atoms with E-state index in [0.29, 0.717) is 21.4 Å². The van der Waals surface area contributed by atoms with Gasteiger partial charge in [-0.25, -0.2) is 4.79 Å². The second-order valence-electron chi connectivity index (χ2n) is 5.87. The smallest absolute Gasteiger partial charge is 0.339 e. The van der Waals surface area contributed by atoms with Crippen LogP contribution in [-0.2, 0) is 4.74 Å². The number of ether oxygens (including phenoxy) is 1. The summed E-state index contributed by atoms with van der Waals surface area (Å²) in [6.07, 6.45) is 0. The van der Waals surface area contributed by atoms with Crippen LogP contribution < -0.4 is 10.6 Å². The third kappa shape index (κ3) is 4.94. The summed E-state index contributed by atoms with van der Waals surface area (Å²) < 4.78 is 4.72. The summed E-state index contributed by atoms with van der Waals surface area (Å²) in [7, 11) is 1.32. The monoisotopic (exact) mass is 376 g/mol. The Morgan fingerprint density at radius 3 is 2.60 bits per heavy atom. The number of methoxy groups -OCH3 is 1. The van der Waals surface area contributed by atoms with Crippen molar-refractivity contribution in [3.05, 3.63) is 63.7 Å². The Balaban J connectivity index is 2.10. The molecule has 0 heterocycles. The first-order valence-electron chi connectivity index (χ1n) is 7.84. The van der Waals surface area contributed by atoms with E-state index in [1.807, 2.05) is 0 Å². The average molecular weight is 377 g/mol. The first kappa shape index (κ1) is 19.2. The third-order valence-corrected chi connectivity index (χ3v) is 4.43. The quantitative estimate of drug-likeness (QED) is 0.593. The van der Waals surface area contributed by atoms with Gasteiger partial charge in [0.1, 0.15) is 0 Å². The fourth-order valence-corrected chi connectivity index (χ4v) is 3.03. The second kappa shape index (κ2) is 8.32. The summed E-state index contributed by atoms with van der Waals surface area (Å²) in [6, 6.07) is 11.4. The lowest BCUT2D eigenvalue weighted by atomic mass is 10.0. The molecule has 2 aromatic rings. The van der Waals surface area contributed by atoms with Crippen molar-refractivity contribution in [3.8, 4) is 0 Å². The number of halogens is 1. The summed E-state index contributed by atoms with van der Waals surface area (Å²) in [6.45, 7) is 6.19. The number of hydrogen-bond donors (Lipinski definition) is 2. The van der Waals surface area contributed by atoms with Gasteiger partial charge in [-0.2, -0.15) is 0 Å². The van der Waals surface area contributed by atoms with Gasteiger partial charge in [0.05, 0.1) is 23.7 Å².